The van der Waals surface area contributed by atoms with Crippen molar-refractivity contribution in [3.05, 3.63) is 59.7 Å². The van der Waals surface area contributed by atoms with Gasteiger partial charge < -0.3 is 25.0 Å². The minimum absolute atomic E-state index is 0.0444. The zero-order valence-electron chi connectivity index (χ0n) is 18.7. The summed E-state index contributed by atoms with van der Waals surface area (Å²) in [5, 5.41) is 11.5. The molecule has 8 heteroatoms. The van der Waals surface area contributed by atoms with Gasteiger partial charge in [0.2, 0.25) is 0 Å². The van der Waals surface area contributed by atoms with Crippen LogP contribution in [0.4, 0.5) is 4.79 Å². The van der Waals surface area contributed by atoms with Crippen molar-refractivity contribution in [3.8, 4) is 23.0 Å². The minimum Gasteiger partial charge on any atom is -0.480 e. The molecule has 172 valence electrons. The quantitative estimate of drug-likeness (QED) is 0.598. The molecule has 0 aliphatic heterocycles. The highest BCUT2D eigenvalue weighted by atomic mass is 16.5. The number of rotatable bonds is 8. The molecule has 2 amide bonds. The van der Waals surface area contributed by atoms with Crippen LogP contribution in [0.3, 0.4) is 0 Å². The maximum atomic E-state index is 12.2. The summed E-state index contributed by atoms with van der Waals surface area (Å²) < 4.78 is 5.42. The predicted molar refractivity (Wildman–Crippen MR) is 124 cm³/mol. The summed E-state index contributed by atoms with van der Waals surface area (Å²) in [6.07, 6.45) is -0.631. The minimum atomic E-state index is -1.11. The molecule has 0 atom stereocenters. The largest absolute Gasteiger partial charge is 0.480 e. The third kappa shape index (κ3) is 6.34. The van der Waals surface area contributed by atoms with Crippen LogP contribution < -0.4 is 5.32 Å². The number of benzene rings is 2. The van der Waals surface area contributed by atoms with Crippen molar-refractivity contribution >= 4 is 18.0 Å². The molecular formula is C25H27N3O5. The number of alkyl carbamates (subject to hydrolysis) is 1. The summed E-state index contributed by atoms with van der Waals surface area (Å²) in [5.74, 6) is 3.17. The molecule has 0 unspecified atom stereocenters. The van der Waals surface area contributed by atoms with Gasteiger partial charge in [-0.15, -0.1) is 0 Å². The van der Waals surface area contributed by atoms with Crippen molar-refractivity contribution in [1.29, 1.82) is 0 Å². The van der Waals surface area contributed by atoms with E-state index in [1.165, 1.54) is 0 Å². The van der Waals surface area contributed by atoms with Crippen molar-refractivity contribution < 1.29 is 24.2 Å². The highest BCUT2D eigenvalue weighted by Gasteiger charge is 2.28. The molecule has 8 nitrogen and oxygen atoms in total. The zero-order valence-corrected chi connectivity index (χ0v) is 18.7. The fourth-order valence-electron chi connectivity index (χ4n) is 3.70. The van der Waals surface area contributed by atoms with Gasteiger partial charge in [0.1, 0.15) is 13.2 Å². The van der Waals surface area contributed by atoms with Crippen LogP contribution in [0.25, 0.3) is 11.1 Å². The lowest BCUT2D eigenvalue weighted by molar-refractivity contribution is -0.142. The molecule has 2 aromatic rings. The van der Waals surface area contributed by atoms with Crippen LogP contribution in [0.1, 0.15) is 17.0 Å². The Morgan fingerprint density at radius 3 is 2.18 bits per heavy atom. The van der Waals surface area contributed by atoms with Gasteiger partial charge in [-0.3, -0.25) is 9.59 Å². The third-order valence-corrected chi connectivity index (χ3v) is 5.29. The molecule has 2 N–H and O–H groups in total. The molecule has 0 aromatic heterocycles. The maximum Gasteiger partial charge on any atom is 0.407 e. The van der Waals surface area contributed by atoms with Crippen LogP contribution >= 0.6 is 0 Å². The fraction of sp³-hybridized carbons (Fsp3) is 0.320. The highest BCUT2D eigenvalue weighted by Crippen LogP contribution is 2.44. The topological polar surface area (TPSA) is 99.2 Å². The van der Waals surface area contributed by atoms with Gasteiger partial charge in [-0.2, -0.15) is 0 Å². The average Bonchev–Trinajstić information content (AvgIpc) is 3.11. The Morgan fingerprint density at radius 2 is 1.61 bits per heavy atom. The second kappa shape index (κ2) is 11.2. The number of hydrogen-bond donors (Lipinski definition) is 2. The smallest absolute Gasteiger partial charge is 0.407 e. The molecule has 0 spiro atoms. The van der Waals surface area contributed by atoms with Gasteiger partial charge >= 0.3 is 12.1 Å². The van der Waals surface area contributed by atoms with Gasteiger partial charge in [0.05, 0.1) is 6.54 Å². The van der Waals surface area contributed by atoms with Crippen molar-refractivity contribution in [2.24, 2.45) is 0 Å². The Kier molecular flexibility index (Phi) is 8.06. The highest BCUT2D eigenvalue weighted by molar-refractivity contribution is 5.95. The van der Waals surface area contributed by atoms with Crippen molar-refractivity contribution in [2.75, 3.05) is 46.9 Å². The standard InChI is InChI=1S/C25H27N3O5/c1-27(2)14-15-28(16-24(30)31)23(29)12-7-13-26-25(32)33-17-22-20-10-5-3-8-18(20)19-9-4-6-11-21(19)22/h3-6,8-11,22H,13-17H2,1-2H3,(H,26,32)(H,30,31). The number of carbonyl (C=O) groups is 3. The van der Waals surface area contributed by atoms with Gasteiger partial charge in [-0.25, -0.2) is 4.79 Å². The van der Waals surface area contributed by atoms with Crippen molar-refractivity contribution in [1.82, 2.24) is 15.1 Å². The second-order valence-corrected chi connectivity index (χ2v) is 7.90. The zero-order chi connectivity index (χ0) is 23.8. The number of hydrogen-bond acceptors (Lipinski definition) is 5. The normalized spacial score (nSPS) is 11.7. The Hall–Kier alpha value is -3.83. The second-order valence-electron chi connectivity index (χ2n) is 7.90. The van der Waals surface area contributed by atoms with E-state index in [2.05, 4.69) is 29.3 Å². The maximum absolute atomic E-state index is 12.2. The van der Waals surface area contributed by atoms with Gasteiger partial charge in [0, 0.05) is 19.0 Å². The van der Waals surface area contributed by atoms with Crippen molar-refractivity contribution in [3.63, 3.8) is 0 Å². The molecule has 0 saturated carbocycles. The van der Waals surface area contributed by atoms with E-state index in [1.807, 2.05) is 55.4 Å². The molecule has 0 bridgehead atoms. The number of nitrogens with one attached hydrogen (secondary N) is 1. The van der Waals surface area contributed by atoms with E-state index in [0.29, 0.717) is 6.54 Å². The molecule has 0 radical (unpaired) electrons. The summed E-state index contributed by atoms with van der Waals surface area (Å²) in [5.41, 5.74) is 4.53. The molecule has 33 heavy (non-hydrogen) atoms. The number of carboxylic acids is 1. The Labute approximate surface area is 193 Å². The number of nitrogens with zero attached hydrogens (tertiary/aromatic N) is 2. The molecule has 0 saturated heterocycles. The lowest BCUT2D eigenvalue weighted by Crippen LogP contribution is -2.39. The Balaban J connectivity index is 1.51. The number of likely N-dealkylation sites (N-methyl/N-ethyl adjacent to an activating group) is 1. The van der Waals surface area contributed by atoms with Crippen LogP contribution in [0, 0.1) is 11.8 Å². The van der Waals surface area contributed by atoms with Gasteiger partial charge in [0.15, 0.2) is 0 Å². The van der Waals surface area contributed by atoms with Crippen LogP contribution in [-0.2, 0) is 14.3 Å². The Morgan fingerprint density at radius 1 is 1.00 bits per heavy atom. The first-order valence-corrected chi connectivity index (χ1v) is 10.6. The lowest BCUT2D eigenvalue weighted by atomic mass is 9.98. The molecule has 0 fully saturated rings. The lowest BCUT2D eigenvalue weighted by Gasteiger charge is -2.20. The summed E-state index contributed by atoms with van der Waals surface area (Å²) in [7, 11) is 3.65. The van der Waals surface area contributed by atoms with Crippen LogP contribution in [0.15, 0.2) is 48.5 Å². The van der Waals surface area contributed by atoms with E-state index < -0.39 is 24.5 Å². The SMILES string of the molecule is CN(C)CCN(CC(=O)O)C(=O)C#CCNC(=O)OCC1c2ccccc2-c2ccccc21. The summed E-state index contributed by atoms with van der Waals surface area (Å²) >= 11 is 0. The molecule has 2 aromatic carbocycles. The number of carbonyl (C=O) groups excluding carboxylic acids is 2. The fourth-order valence-corrected chi connectivity index (χ4v) is 3.70. The summed E-state index contributed by atoms with van der Waals surface area (Å²) in [6.45, 7) is 0.423. The van der Waals surface area contributed by atoms with Gasteiger partial charge in [0.25, 0.3) is 5.91 Å². The van der Waals surface area contributed by atoms with Crippen LogP contribution in [0.2, 0.25) is 0 Å². The first-order chi connectivity index (χ1) is 15.9. The van der Waals surface area contributed by atoms with E-state index in [0.717, 1.165) is 27.2 Å². The van der Waals surface area contributed by atoms with Gasteiger partial charge in [-0.05, 0) is 42.3 Å². The number of carboxylic acid groups (broad SMARTS) is 1. The molecule has 0 heterocycles. The molecule has 1 aliphatic rings. The van der Waals surface area contributed by atoms with E-state index in [4.69, 9.17) is 9.84 Å². The first kappa shape index (κ1) is 23.8. The number of amides is 2. The summed E-state index contributed by atoms with van der Waals surface area (Å²) in [4.78, 5) is 38.3. The van der Waals surface area contributed by atoms with Gasteiger partial charge in [-0.1, -0.05) is 54.5 Å². The van der Waals surface area contributed by atoms with Crippen molar-refractivity contribution in [2.45, 2.75) is 5.92 Å². The third-order valence-electron chi connectivity index (χ3n) is 5.29. The van der Waals surface area contributed by atoms with Crippen LogP contribution in [0.5, 0.6) is 0 Å². The predicted octanol–water partition coefficient (Wildman–Crippen LogP) is 2.00. The average molecular weight is 450 g/mol. The molecular weight excluding hydrogens is 422 g/mol. The monoisotopic (exact) mass is 449 g/mol. The van der Waals surface area contributed by atoms with E-state index in [-0.39, 0.29) is 25.6 Å². The number of fused-ring (bicyclic) bond motifs is 3. The van der Waals surface area contributed by atoms with E-state index in [9.17, 15) is 14.4 Å². The van der Waals surface area contributed by atoms with Crippen LogP contribution in [-0.4, -0.2) is 79.8 Å². The summed E-state index contributed by atoms with van der Waals surface area (Å²) in [6, 6.07) is 16.1. The molecule has 3 rings (SSSR count). The number of ether oxygens (including phenoxy) is 1. The molecule has 1 aliphatic carbocycles. The Bertz CT molecular complexity index is 1040. The van der Waals surface area contributed by atoms with E-state index in [1.54, 1.807) is 0 Å². The first-order valence-electron chi connectivity index (χ1n) is 10.6. The van der Waals surface area contributed by atoms with E-state index >= 15 is 0 Å². The number of aliphatic carboxylic acids is 1.